The number of carboxylic acid groups (broad SMARTS) is 1. The molecular formula is C25H20FN3O4. The molecule has 0 bridgehead atoms. The number of H-pyrrole nitrogens is 1. The molecule has 1 aliphatic carbocycles. The van der Waals surface area contributed by atoms with Gasteiger partial charge in [-0.2, -0.15) is 0 Å². The van der Waals surface area contributed by atoms with E-state index in [0.717, 1.165) is 28.5 Å². The Morgan fingerprint density at radius 2 is 1.79 bits per heavy atom. The predicted molar refractivity (Wildman–Crippen MR) is 119 cm³/mol. The van der Waals surface area contributed by atoms with Gasteiger partial charge in [-0.3, -0.25) is 0 Å². The first kappa shape index (κ1) is 20.7. The third-order valence-electron chi connectivity index (χ3n) is 5.94. The Kier molecular flexibility index (Phi) is 5.26. The zero-order valence-electron chi connectivity index (χ0n) is 17.4. The minimum Gasteiger partial charge on any atom is -0.480 e. The molecule has 1 atom stereocenters. The lowest BCUT2D eigenvalue weighted by molar-refractivity contribution is -0.139. The Labute approximate surface area is 188 Å². The lowest BCUT2D eigenvalue weighted by Gasteiger charge is -2.17. The maximum Gasteiger partial charge on any atom is 0.407 e. The number of alkyl carbamates (subject to hydrolysis) is 1. The van der Waals surface area contributed by atoms with Crippen LogP contribution in [0.15, 0.2) is 67.0 Å². The third kappa shape index (κ3) is 3.91. The number of amides is 1. The summed E-state index contributed by atoms with van der Waals surface area (Å²) in [6, 6.07) is 15.9. The third-order valence-corrected chi connectivity index (χ3v) is 5.94. The molecular weight excluding hydrogens is 425 g/mol. The molecule has 0 radical (unpaired) electrons. The van der Waals surface area contributed by atoms with Crippen molar-refractivity contribution in [1.82, 2.24) is 15.3 Å². The van der Waals surface area contributed by atoms with Gasteiger partial charge in [-0.15, -0.1) is 0 Å². The number of pyridine rings is 1. The number of aliphatic carboxylic acids is 1. The SMILES string of the molecule is O=C(NC(Cc1c[nH]c2ncc(F)cc12)C(=O)O)OCC1c2ccccc2-c2ccccc21. The molecule has 1 amide bonds. The van der Waals surface area contributed by atoms with E-state index in [1.807, 2.05) is 48.5 Å². The van der Waals surface area contributed by atoms with Gasteiger partial charge in [0.15, 0.2) is 0 Å². The number of hydrogen-bond donors (Lipinski definition) is 3. The largest absolute Gasteiger partial charge is 0.480 e. The van der Waals surface area contributed by atoms with Crippen LogP contribution in [0.3, 0.4) is 0 Å². The van der Waals surface area contributed by atoms with E-state index in [1.54, 1.807) is 6.20 Å². The molecule has 0 aliphatic heterocycles. The summed E-state index contributed by atoms with van der Waals surface area (Å²) < 4.78 is 19.0. The number of carbonyl (C=O) groups excluding carboxylic acids is 1. The van der Waals surface area contributed by atoms with Gasteiger partial charge in [0.1, 0.15) is 24.1 Å². The van der Waals surface area contributed by atoms with Crippen LogP contribution < -0.4 is 5.32 Å². The zero-order valence-corrected chi connectivity index (χ0v) is 17.4. The van der Waals surface area contributed by atoms with Gasteiger partial charge in [-0.25, -0.2) is 19.0 Å². The molecule has 2 aromatic carbocycles. The second-order valence-corrected chi connectivity index (χ2v) is 7.93. The lowest BCUT2D eigenvalue weighted by Crippen LogP contribution is -2.42. The maximum atomic E-state index is 13.6. The van der Waals surface area contributed by atoms with Crippen LogP contribution in [0, 0.1) is 5.82 Å². The van der Waals surface area contributed by atoms with Crippen molar-refractivity contribution < 1.29 is 23.8 Å². The van der Waals surface area contributed by atoms with Crippen LogP contribution in [0.5, 0.6) is 0 Å². The van der Waals surface area contributed by atoms with Crippen LogP contribution in [-0.4, -0.2) is 39.8 Å². The summed E-state index contributed by atoms with van der Waals surface area (Å²) in [6.07, 6.45) is 1.76. The summed E-state index contributed by atoms with van der Waals surface area (Å²) in [6.45, 7) is 0.0778. The standard InChI is InChI=1S/C25H20FN3O4/c26-15-10-20-14(11-27-23(20)28-12-15)9-22(24(30)31)29-25(32)33-13-21-18-7-3-1-5-16(18)17-6-2-4-8-19(17)21/h1-8,10-12,21-22H,9,13H2,(H,27,28)(H,29,32)(H,30,31). The normalized spacial score (nSPS) is 13.4. The van der Waals surface area contributed by atoms with Crippen molar-refractivity contribution in [1.29, 1.82) is 0 Å². The van der Waals surface area contributed by atoms with Crippen molar-refractivity contribution in [3.8, 4) is 11.1 Å². The number of halogens is 1. The van der Waals surface area contributed by atoms with Crippen LogP contribution in [0.4, 0.5) is 9.18 Å². The molecule has 2 aromatic heterocycles. The number of rotatable bonds is 6. The number of aromatic nitrogens is 2. The first-order valence-corrected chi connectivity index (χ1v) is 10.5. The van der Waals surface area contributed by atoms with E-state index in [9.17, 15) is 19.1 Å². The number of benzene rings is 2. The first-order chi connectivity index (χ1) is 16.0. The Morgan fingerprint density at radius 1 is 1.12 bits per heavy atom. The van der Waals surface area contributed by atoms with Crippen molar-refractivity contribution in [2.75, 3.05) is 6.61 Å². The number of fused-ring (bicyclic) bond motifs is 4. The molecule has 1 unspecified atom stereocenters. The van der Waals surface area contributed by atoms with Crippen LogP contribution in [0.2, 0.25) is 0 Å². The quantitative estimate of drug-likeness (QED) is 0.412. The second-order valence-electron chi connectivity index (χ2n) is 7.93. The predicted octanol–water partition coefficient (Wildman–Crippen LogP) is 4.24. The van der Waals surface area contributed by atoms with E-state index >= 15 is 0 Å². The summed E-state index contributed by atoms with van der Waals surface area (Å²) in [7, 11) is 0. The Bertz CT molecular complexity index is 1320. The van der Waals surface area contributed by atoms with Crippen LogP contribution in [0.25, 0.3) is 22.2 Å². The molecule has 2 heterocycles. The topological polar surface area (TPSA) is 104 Å². The number of carbonyl (C=O) groups is 2. The van der Waals surface area contributed by atoms with Gasteiger partial charge in [0.2, 0.25) is 0 Å². The van der Waals surface area contributed by atoms with E-state index in [2.05, 4.69) is 15.3 Å². The first-order valence-electron chi connectivity index (χ1n) is 10.5. The summed E-state index contributed by atoms with van der Waals surface area (Å²) in [5, 5.41) is 12.5. The molecule has 0 spiro atoms. The molecule has 33 heavy (non-hydrogen) atoms. The number of hydrogen-bond acceptors (Lipinski definition) is 4. The molecule has 8 heteroatoms. The van der Waals surface area contributed by atoms with Gasteiger partial charge in [0.05, 0.1) is 6.20 Å². The van der Waals surface area contributed by atoms with Crippen LogP contribution in [0.1, 0.15) is 22.6 Å². The number of carboxylic acids is 1. The van der Waals surface area contributed by atoms with E-state index in [0.29, 0.717) is 16.6 Å². The Hall–Kier alpha value is -4.20. The van der Waals surface area contributed by atoms with E-state index in [4.69, 9.17) is 4.74 Å². The monoisotopic (exact) mass is 445 g/mol. The molecule has 3 N–H and O–H groups in total. The Morgan fingerprint density at radius 3 is 2.45 bits per heavy atom. The highest BCUT2D eigenvalue weighted by Gasteiger charge is 2.30. The smallest absolute Gasteiger partial charge is 0.407 e. The van der Waals surface area contributed by atoms with E-state index in [-0.39, 0.29) is 18.9 Å². The average molecular weight is 445 g/mol. The summed E-state index contributed by atoms with van der Waals surface area (Å²) in [4.78, 5) is 31.1. The van der Waals surface area contributed by atoms with Crippen molar-refractivity contribution in [3.63, 3.8) is 0 Å². The van der Waals surface area contributed by atoms with Crippen LogP contribution >= 0.6 is 0 Å². The van der Waals surface area contributed by atoms with Crippen molar-refractivity contribution in [3.05, 3.63) is 89.5 Å². The van der Waals surface area contributed by atoms with Crippen molar-refractivity contribution in [2.45, 2.75) is 18.4 Å². The maximum absolute atomic E-state index is 13.6. The number of aromatic amines is 1. The fraction of sp³-hybridized carbons (Fsp3) is 0.160. The van der Waals surface area contributed by atoms with Gasteiger partial charge >= 0.3 is 12.1 Å². The summed E-state index contributed by atoms with van der Waals surface area (Å²) in [5.74, 6) is -1.88. The van der Waals surface area contributed by atoms with Gasteiger partial charge in [-0.1, -0.05) is 48.5 Å². The lowest BCUT2D eigenvalue weighted by atomic mass is 9.98. The molecule has 0 saturated carbocycles. The number of nitrogens with one attached hydrogen (secondary N) is 2. The highest BCUT2D eigenvalue weighted by atomic mass is 19.1. The van der Waals surface area contributed by atoms with Crippen molar-refractivity contribution >= 4 is 23.1 Å². The van der Waals surface area contributed by atoms with Gasteiger partial charge < -0.3 is 20.1 Å². The zero-order chi connectivity index (χ0) is 22.9. The summed E-state index contributed by atoms with van der Waals surface area (Å²) in [5.41, 5.74) is 5.31. The molecule has 0 fully saturated rings. The average Bonchev–Trinajstić information content (AvgIpc) is 3.35. The molecule has 5 rings (SSSR count). The van der Waals surface area contributed by atoms with Gasteiger partial charge in [0, 0.05) is 23.9 Å². The number of nitrogens with zero attached hydrogens (tertiary/aromatic N) is 1. The molecule has 0 saturated heterocycles. The Balaban J connectivity index is 1.29. The highest BCUT2D eigenvalue weighted by Crippen LogP contribution is 2.44. The van der Waals surface area contributed by atoms with Gasteiger partial charge in [-0.05, 0) is 33.9 Å². The molecule has 4 aromatic rings. The molecule has 166 valence electrons. The molecule has 7 nitrogen and oxygen atoms in total. The van der Waals surface area contributed by atoms with E-state index in [1.165, 1.54) is 6.07 Å². The second kappa shape index (κ2) is 8.38. The van der Waals surface area contributed by atoms with E-state index < -0.39 is 23.9 Å². The number of ether oxygens (including phenoxy) is 1. The fourth-order valence-corrected chi connectivity index (χ4v) is 4.40. The fourth-order valence-electron chi connectivity index (χ4n) is 4.40. The minimum atomic E-state index is -1.25. The van der Waals surface area contributed by atoms with Gasteiger partial charge in [0.25, 0.3) is 0 Å². The van der Waals surface area contributed by atoms with Crippen LogP contribution in [-0.2, 0) is 16.0 Å². The van der Waals surface area contributed by atoms with Crippen molar-refractivity contribution in [2.24, 2.45) is 0 Å². The minimum absolute atomic E-state index is 0.0509. The highest BCUT2D eigenvalue weighted by molar-refractivity contribution is 5.84. The molecule has 1 aliphatic rings. The summed E-state index contributed by atoms with van der Waals surface area (Å²) >= 11 is 0.